The van der Waals surface area contributed by atoms with Crippen LogP contribution in [-0.2, 0) is 11.2 Å². The van der Waals surface area contributed by atoms with Crippen molar-refractivity contribution in [3.63, 3.8) is 0 Å². The smallest absolute Gasteiger partial charge is 0.226 e. The molecule has 0 N–H and O–H groups in total. The topological polar surface area (TPSA) is 20.3 Å². The molecule has 2 nitrogen and oxygen atoms in total. The highest BCUT2D eigenvalue weighted by Gasteiger charge is 2.36. The van der Waals surface area contributed by atoms with Gasteiger partial charge < -0.3 is 4.90 Å². The summed E-state index contributed by atoms with van der Waals surface area (Å²) < 4.78 is 0. The molecule has 0 bridgehead atoms. The van der Waals surface area contributed by atoms with Crippen LogP contribution in [0.15, 0.2) is 24.3 Å². The molecule has 1 unspecified atom stereocenters. The molecule has 1 heterocycles. The molecule has 3 heteroatoms. The average molecular weight is 282 g/mol. The quantitative estimate of drug-likeness (QED) is 0.778. The highest BCUT2D eigenvalue weighted by atomic mass is 16.2. The van der Waals surface area contributed by atoms with Crippen molar-refractivity contribution in [2.24, 2.45) is 5.92 Å². The minimum absolute atomic E-state index is 0.202. The molecule has 2 fully saturated rings. The molecule has 1 saturated carbocycles. The van der Waals surface area contributed by atoms with E-state index < -0.39 is 0 Å². The van der Waals surface area contributed by atoms with Crippen molar-refractivity contribution in [1.82, 2.24) is 4.90 Å². The first-order valence-corrected chi connectivity index (χ1v) is 8.47. The third-order valence-corrected chi connectivity index (χ3v) is 5.20. The predicted octanol–water partition coefficient (Wildman–Crippen LogP) is 2.79. The second-order valence-electron chi connectivity index (χ2n) is 6.50. The number of amides is 1. The predicted molar refractivity (Wildman–Crippen MR) is 88.1 cm³/mol. The van der Waals surface area contributed by atoms with Gasteiger partial charge in [-0.2, -0.15) is 0 Å². The highest BCUT2D eigenvalue weighted by molar-refractivity contribution is 6.52. The van der Waals surface area contributed by atoms with E-state index in [1.807, 2.05) is 0 Å². The zero-order valence-corrected chi connectivity index (χ0v) is 13.1. The fourth-order valence-corrected chi connectivity index (χ4v) is 3.97. The molecule has 1 aromatic carbocycles. The summed E-state index contributed by atoms with van der Waals surface area (Å²) in [6.45, 7) is 3.05. The van der Waals surface area contributed by atoms with Crippen molar-refractivity contribution in [2.45, 2.75) is 57.8 Å². The molecule has 21 heavy (non-hydrogen) atoms. The highest BCUT2D eigenvalue weighted by Crippen LogP contribution is 2.30. The van der Waals surface area contributed by atoms with Crippen LogP contribution >= 0.6 is 0 Å². The van der Waals surface area contributed by atoms with Crippen LogP contribution in [0.1, 0.15) is 44.1 Å². The molecule has 0 spiro atoms. The molecule has 1 aromatic rings. The van der Waals surface area contributed by atoms with E-state index in [0.29, 0.717) is 11.9 Å². The number of nitrogens with zero attached hydrogens (tertiary/aromatic N) is 1. The summed E-state index contributed by atoms with van der Waals surface area (Å²) >= 11 is 0. The van der Waals surface area contributed by atoms with Gasteiger partial charge in [0, 0.05) is 18.5 Å². The second-order valence-corrected chi connectivity index (χ2v) is 6.50. The van der Waals surface area contributed by atoms with E-state index in [-0.39, 0.29) is 5.92 Å². The fourth-order valence-electron chi connectivity index (χ4n) is 3.97. The number of carbonyl (C=O) groups is 1. The summed E-state index contributed by atoms with van der Waals surface area (Å²) in [4.78, 5) is 14.9. The first kappa shape index (κ1) is 14.7. The minimum atomic E-state index is 0.202. The summed E-state index contributed by atoms with van der Waals surface area (Å²) in [5, 5.41) is 0. The zero-order chi connectivity index (χ0) is 14.7. The van der Waals surface area contributed by atoms with Crippen molar-refractivity contribution in [1.29, 1.82) is 0 Å². The number of likely N-dealkylation sites (tertiary alicyclic amines) is 1. The molecule has 0 aromatic heterocycles. The van der Waals surface area contributed by atoms with Crippen LogP contribution in [0, 0.1) is 5.92 Å². The molecule has 1 radical (unpaired) electrons. The van der Waals surface area contributed by atoms with Crippen molar-refractivity contribution >= 4 is 18.6 Å². The minimum Gasteiger partial charge on any atom is -0.339 e. The maximum absolute atomic E-state index is 12.7. The Morgan fingerprint density at radius 2 is 1.90 bits per heavy atom. The monoisotopic (exact) mass is 282 g/mol. The van der Waals surface area contributed by atoms with Gasteiger partial charge in [-0.05, 0) is 25.7 Å². The standard InChI is InChI=1S/C18H25BNO/c1-19-17-10-6-5-7-14(17)13-15-11-12-20(18(15)21)16-8-3-2-4-9-16/h5-7,10,15-16H,2-4,8-9,11-13H2,1H3. The van der Waals surface area contributed by atoms with Crippen LogP contribution < -0.4 is 5.46 Å². The van der Waals surface area contributed by atoms with E-state index in [9.17, 15) is 4.79 Å². The van der Waals surface area contributed by atoms with Crippen LogP contribution in [0.2, 0.25) is 6.82 Å². The van der Waals surface area contributed by atoms with Crippen molar-refractivity contribution in [2.75, 3.05) is 6.54 Å². The molecule has 3 rings (SSSR count). The molecule has 1 aliphatic carbocycles. The third kappa shape index (κ3) is 3.17. The van der Waals surface area contributed by atoms with Crippen molar-refractivity contribution in [3.8, 4) is 0 Å². The van der Waals surface area contributed by atoms with Crippen molar-refractivity contribution < 1.29 is 4.79 Å². The van der Waals surface area contributed by atoms with Gasteiger partial charge in [0.25, 0.3) is 0 Å². The van der Waals surface area contributed by atoms with E-state index in [1.54, 1.807) is 0 Å². The Hall–Kier alpha value is -1.25. The Balaban J connectivity index is 1.66. The van der Waals surface area contributed by atoms with Gasteiger partial charge in [0.1, 0.15) is 7.28 Å². The Labute approximate surface area is 129 Å². The molecule has 1 amide bonds. The summed E-state index contributed by atoms with van der Waals surface area (Å²) in [6, 6.07) is 9.01. The Kier molecular flexibility index (Phi) is 4.67. The largest absolute Gasteiger partial charge is 0.339 e. The van der Waals surface area contributed by atoms with Crippen LogP contribution in [0.4, 0.5) is 0 Å². The summed E-state index contributed by atoms with van der Waals surface area (Å²) in [6.07, 6.45) is 8.33. The molecule has 1 saturated heterocycles. The molecule has 111 valence electrons. The normalized spacial score (nSPS) is 23.6. The first-order valence-electron chi connectivity index (χ1n) is 8.47. The Morgan fingerprint density at radius 1 is 1.14 bits per heavy atom. The number of rotatable bonds is 4. The molecule has 2 aliphatic rings. The third-order valence-electron chi connectivity index (χ3n) is 5.20. The van der Waals surface area contributed by atoms with Gasteiger partial charge in [-0.25, -0.2) is 0 Å². The number of hydrogen-bond acceptors (Lipinski definition) is 1. The van der Waals surface area contributed by atoms with Crippen LogP contribution in [0.3, 0.4) is 0 Å². The lowest BCUT2D eigenvalue weighted by molar-refractivity contribution is -0.133. The lowest BCUT2D eigenvalue weighted by Gasteiger charge is -2.31. The lowest BCUT2D eigenvalue weighted by atomic mass is 9.70. The van der Waals surface area contributed by atoms with Gasteiger partial charge >= 0.3 is 0 Å². The molecule has 1 aliphatic heterocycles. The number of benzene rings is 1. The van der Waals surface area contributed by atoms with Crippen molar-refractivity contribution in [3.05, 3.63) is 29.8 Å². The number of hydrogen-bond donors (Lipinski definition) is 0. The lowest BCUT2D eigenvalue weighted by Crippen LogP contribution is -2.39. The van der Waals surface area contributed by atoms with Gasteiger partial charge in [-0.3, -0.25) is 4.79 Å². The summed E-state index contributed by atoms with van der Waals surface area (Å²) in [7, 11) is 2.15. The summed E-state index contributed by atoms with van der Waals surface area (Å²) in [5.41, 5.74) is 2.60. The zero-order valence-electron chi connectivity index (χ0n) is 13.1. The van der Waals surface area contributed by atoms with E-state index in [0.717, 1.165) is 19.4 Å². The maximum Gasteiger partial charge on any atom is 0.226 e. The van der Waals surface area contributed by atoms with Crippen LogP contribution in [0.25, 0.3) is 0 Å². The molecular formula is C18H25BNO. The van der Waals surface area contributed by atoms with Gasteiger partial charge in [0.05, 0.1) is 0 Å². The van der Waals surface area contributed by atoms with E-state index in [2.05, 4.69) is 43.3 Å². The van der Waals surface area contributed by atoms with Gasteiger partial charge in [-0.1, -0.05) is 61.4 Å². The van der Waals surface area contributed by atoms with E-state index >= 15 is 0 Å². The average Bonchev–Trinajstić information content (AvgIpc) is 2.90. The Morgan fingerprint density at radius 3 is 2.67 bits per heavy atom. The van der Waals surface area contributed by atoms with Gasteiger partial charge in [-0.15, -0.1) is 0 Å². The van der Waals surface area contributed by atoms with Crippen LogP contribution in [-0.4, -0.2) is 30.7 Å². The second kappa shape index (κ2) is 6.68. The maximum atomic E-state index is 12.7. The SMILES string of the molecule is C[B]c1ccccc1CC1CCN(C2CCCCC2)C1=O. The first-order chi connectivity index (χ1) is 10.3. The number of carbonyl (C=O) groups excluding carboxylic acids is 1. The molecule has 1 atom stereocenters. The van der Waals surface area contributed by atoms with Gasteiger partial charge in [0.15, 0.2) is 0 Å². The summed E-state index contributed by atoms with van der Waals surface area (Å²) in [5.74, 6) is 0.612. The van der Waals surface area contributed by atoms with E-state index in [1.165, 1.54) is 43.1 Å². The Bertz CT molecular complexity index is 496. The van der Waals surface area contributed by atoms with Crippen LogP contribution in [0.5, 0.6) is 0 Å². The van der Waals surface area contributed by atoms with E-state index in [4.69, 9.17) is 0 Å². The fraction of sp³-hybridized carbons (Fsp3) is 0.611. The molecular weight excluding hydrogens is 257 g/mol. The van der Waals surface area contributed by atoms with Gasteiger partial charge in [0.2, 0.25) is 5.91 Å².